The molecular weight excluding hydrogens is 292 g/mol. The maximum absolute atomic E-state index is 11.8. The van der Waals surface area contributed by atoms with Crippen LogP contribution in [0, 0.1) is 0 Å². The number of nitrogens with zero attached hydrogens (tertiary/aromatic N) is 4. The number of hydrogen-bond acceptors (Lipinski definition) is 7. The van der Waals surface area contributed by atoms with Crippen molar-refractivity contribution < 1.29 is 17.5 Å². The molecule has 1 aromatic heterocycles. The molecule has 0 fully saturated rings. The first-order valence-electron chi connectivity index (χ1n) is 5.62. The van der Waals surface area contributed by atoms with Crippen LogP contribution in [-0.4, -0.2) is 41.8 Å². The van der Waals surface area contributed by atoms with Gasteiger partial charge in [0.25, 0.3) is 0 Å². The molecular formula is C9H14N4O4S2. The Morgan fingerprint density at radius 2 is 1.74 bits per heavy atom. The van der Waals surface area contributed by atoms with Gasteiger partial charge in [0.2, 0.25) is 0 Å². The molecule has 0 aliphatic heterocycles. The quantitative estimate of drug-likeness (QED) is 0.735. The fraction of sp³-hybridized carbons (Fsp3) is 0.667. The highest BCUT2D eigenvalue weighted by Crippen LogP contribution is 2.34. The zero-order valence-corrected chi connectivity index (χ0v) is 12.2. The Labute approximate surface area is 112 Å². The van der Waals surface area contributed by atoms with Crippen LogP contribution in [0.5, 0.6) is 0 Å². The third kappa shape index (κ3) is 2.96. The van der Waals surface area contributed by atoms with E-state index in [9.17, 15) is 17.5 Å². The summed E-state index contributed by atoms with van der Waals surface area (Å²) in [5.41, 5.74) is 0.360. The molecule has 2 atom stereocenters. The molecule has 19 heavy (non-hydrogen) atoms. The van der Waals surface area contributed by atoms with Crippen molar-refractivity contribution in [3.63, 3.8) is 0 Å². The zero-order chi connectivity index (χ0) is 14.3. The zero-order valence-electron chi connectivity index (χ0n) is 10.6. The summed E-state index contributed by atoms with van der Waals surface area (Å²) in [7, 11) is -7.01. The molecule has 2 unspecified atom stereocenters. The van der Waals surface area contributed by atoms with E-state index in [0.717, 1.165) is 30.0 Å². The molecule has 0 saturated heterocycles. The van der Waals surface area contributed by atoms with Gasteiger partial charge in [-0.2, -0.15) is 4.68 Å². The molecule has 1 aliphatic rings. The van der Waals surface area contributed by atoms with E-state index in [1.807, 2.05) is 0 Å². The molecule has 0 radical (unpaired) electrons. The number of tetrazole rings is 1. The summed E-state index contributed by atoms with van der Waals surface area (Å²) >= 11 is 0. The molecule has 1 heterocycles. The van der Waals surface area contributed by atoms with Crippen LogP contribution in [0.25, 0.3) is 5.70 Å². The maximum Gasteiger partial charge on any atom is 0.368 e. The first-order chi connectivity index (χ1) is 8.71. The summed E-state index contributed by atoms with van der Waals surface area (Å²) in [6.07, 6.45) is 4.45. The molecule has 0 N–H and O–H groups in total. The summed E-state index contributed by atoms with van der Waals surface area (Å²) in [6, 6.07) is 0. The smallest absolute Gasteiger partial charge is 0.368 e. The molecule has 2 rings (SSSR count). The monoisotopic (exact) mass is 306 g/mol. The molecule has 1 aromatic rings. The van der Waals surface area contributed by atoms with E-state index < -0.39 is 20.4 Å². The summed E-state index contributed by atoms with van der Waals surface area (Å²) < 4.78 is 47.7. The van der Waals surface area contributed by atoms with Gasteiger partial charge < -0.3 is 9.11 Å². The largest absolute Gasteiger partial charge is 0.611 e. The second-order valence-electron chi connectivity index (χ2n) is 4.49. The Kier molecular flexibility index (Phi) is 3.69. The van der Waals surface area contributed by atoms with Crippen LogP contribution in [0.4, 0.5) is 0 Å². The van der Waals surface area contributed by atoms with E-state index in [2.05, 4.69) is 15.5 Å². The van der Waals surface area contributed by atoms with Gasteiger partial charge >= 0.3 is 5.16 Å². The lowest BCUT2D eigenvalue weighted by Gasteiger charge is -2.21. The fourth-order valence-corrected chi connectivity index (χ4v) is 3.84. The Hall–Kier alpha value is -0.970. The van der Waals surface area contributed by atoms with Crippen molar-refractivity contribution in [3.8, 4) is 0 Å². The predicted octanol–water partition coefficient (Wildman–Crippen LogP) is 0.294. The third-order valence-electron chi connectivity index (χ3n) is 2.87. The van der Waals surface area contributed by atoms with Crippen LogP contribution in [0.1, 0.15) is 25.7 Å². The second kappa shape index (κ2) is 4.85. The molecule has 0 spiro atoms. The number of aromatic nitrogens is 4. The normalized spacial score (nSPS) is 22.9. The molecule has 10 heteroatoms. The van der Waals surface area contributed by atoms with Crippen molar-refractivity contribution in [2.45, 2.75) is 30.8 Å². The molecule has 0 amide bonds. The maximum atomic E-state index is 11.8. The molecule has 106 valence electrons. The average molecular weight is 306 g/mol. The van der Waals surface area contributed by atoms with E-state index >= 15 is 0 Å². The van der Waals surface area contributed by atoms with Crippen LogP contribution >= 0.6 is 0 Å². The Bertz CT molecular complexity index is 611. The molecule has 0 bridgehead atoms. The highest BCUT2D eigenvalue weighted by atomic mass is 32.3. The molecule has 8 nitrogen and oxygen atoms in total. The van der Waals surface area contributed by atoms with Crippen LogP contribution in [0.15, 0.2) is 10.1 Å². The minimum atomic E-state index is -3.61. The van der Waals surface area contributed by atoms with Crippen molar-refractivity contribution >= 4 is 26.1 Å². The van der Waals surface area contributed by atoms with Crippen molar-refractivity contribution in [2.24, 2.45) is 0 Å². The average Bonchev–Trinajstić information content (AvgIpc) is 2.76. The SMILES string of the molecule is C[S+](=O)([O-])C1=C(n2nnnc2[S+](C)(=O)[O-])CCCC1. The van der Waals surface area contributed by atoms with Crippen molar-refractivity contribution in [2.75, 3.05) is 12.5 Å². The van der Waals surface area contributed by atoms with Gasteiger partial charge in [-0.15, -0.1) is 4.21 Å². The summed E-state index contributed by atoms with van der Waals surface area (Å²) in [5, 5.41) is 10.1. The van der Waals surface area contributed by atoms with Gasteiger partial charge in [-0.1, -0.05) is 9.31 Å². The van der Waals surface area contributed by atoms with Crippen LogP contribution in [0.3, 0.4) is 0 Å². The van der Waals surface area contributed by atoms with Gasteiger partial charge in [-0.3, -0.25) is 0 Å². The minimum absolute atomic E-state index is 0.218. The lowest BCUT2D eigenvalue weighted by molar-refractivity contribution is 0.470. The third-order valence-corrected chi connectivity index (χ3v) is 5.12. The highest BCUT2D eigenvalue weighted by molar-refractivity contribution is 8.00. The highest BCUT2D eigenvalue weighted by Gasteiger charge is 2.32. The fourth-order valence-electron chi connectivity index (χ4n) is 2.06. The number of rotatable bonds is 3. The van der Waals surface area contributed by atoms with E-state index in [1.54, 1.807) is 0 Å². The van der Waals surface area contributed by atoms with Crippen LogP contribution in [-0.2, 0) is 28.8 Å². The van der Waals surface area contributed by atoms with Gasteiger partial charge in [0.1, 0.15) is 28.4 Å². The topological polar surface area (TPSA) is 124 Å². The lowest BCUT2D eigenvalue weighted by atomic mass is 10.0. The Balaban J connectivity index is 2.62. The van der Waals surface area contributed by atoms with Gasteiger partial charge in [0.15, 0.2) is 4.91 Å². The molecule has 0 aromatic carbocycles. The van der Waals surface area contributed by atoms with Gasteiger partial charge in [-0.25, -0.2) is 0 Å². The van der Waals surface area contributed by atoms with Crippen molar-refractivity contribution in [1.82, 2.24) is 20.2 Å². The number of allylic oxidation sites excluding steroid dienone is 2. The van der Waals surface area contributed by atoms with Crippen molar-refractivity contribution in [1.29, 1.82) is 0 Å². The molecule has 1 aliphatic carbocycles. The summed E-state index contributed by atoms with van der Waals surface area (Å²) in [6.45, 7) is 0. The number of hydrogen-bond donors (Lipinski definition) is 0. The standard InChI is InChI=1S/C9H14N4O4S2/c1-18(14,15)8-6-4-3-5-7(8)13-9(10-11-12-13)19(2,16)17/h3-6H2,1-2H3. The minimum Gasteiger partial charge on any atom is -0.611 e. The lowest BCUT2D eigenvalue weighted by Crippen LogP contribution is -2.21. The summed E-state index contributed by atoms with van der Waals surface area (Å²) in [4.78, 5) is 0.218. The van der Waals surface area contributed by atoms with E-state index in [-0.39, 0.29) is 10.1 Å². The first kappa shape index (κ1) is 14.4. The van der Waals surface area contributed by atoms with E-state index in [0.29, 0.717) is 18.5 Å². The van der Waals surface area contributed by atoms with Crippen molar-refractivity contribution in [3.05, 3.63) is 4.91 Å². The molecule has 0 saturated carbocycles. The van der Waals surface area contributed by atoms with Crippen LogP contribution < -0.4 is 0 Å². The summed E-state index contributed by atoms with van der Waals surface area (Å²) in [5.74, 6) is 0. The first-order valence-corrected chi connectivity index (χ1v) is 9.40. The van der Waals surface area contributed by atoms with E-state index in [4.69, 9.17) is 0 Å². The second-order valence-corrected chi connectivity index (χ2v) is 8.44. The van der Waals surface area contributed by atoms with Gasteiger partial charge in [0, 0.05) is 6.42 Å². The predicted molar refractivity (Wildman–Crippen MR) is 67.3 cm³/mol. The Morgan fingerprint density at radius 1 is 1.11 bits per heavy atom. The van der Waals surface area contributed by atoms with E-state index in [1.165, 1.54) is 0 Å². The van der Waals surface area contributed by atoms with Gasteiger partial charge in [-0.05, 0) is 29.7 Å². The van der Waals surface area contributed by atoms with Gasteiger partial charge in [0.05, 0.1) is 10.2 Å². The van der Waals surface area contributed by atoms with Crippen LogP contribution in [0.2, 0.25) is 0 Å². The Morgan fingerprint density at radius 3 is 2.32 bits per heavy atom. The number of sulfone groups is 2.